The SMILES string of the molecule is CCc1nc(-c2ccc3n[nH]nc3c2)c2ccccc2c1Nc1cc(C(F)(F)F)cc(C(F)(F)F)c1. The summed E-state index contributed by atoms with van der Waals surface area (Å²) in [5.41, 5.74) is 0.340. The molecule has 2 aromatic heterocycles. The van der Waals surface area contributed by atoms with Crippen LogP contribution in [0.4, 0.5) is 37.7 Å². The zero-order chi connectivity index (χ0) is 25.7. The summed E-state index contributed by atoms with van der Waals surface area (Å²) in [6, 6.07) is 13.9. The second-order valence-corrected chi connectivity index (χ2v) is 8.13. The fraction of sp³-hybridized carbons (Fsp3) is 0.160. The van der Waals surface area contributed by atoms with Crippen LogP contribution < -0.4 is 5.32 Å². The molecule has 5 rings (SSSR count). The van der Waals surface area contributed by atoms with Crippen molar-refractivity contribution in [2.75, 3.05) is 5.32 Å². The number of benzene rings is 3. The van der Waals surface area contributed by atoms with Crippen LogP contribution in [-0.2, 0) is 18.8 Å². The first-order valence-corrected chi connectivity index (χ1v) is 10.8. The summed E-state index contributed by atoms with van der Waals surface area (Å²) in [6.07, 6.45) is -9.53. The van der Waals surface area contributed by atoms with E-state index in [1.807, 2.05) is 12.1 Å². The minimum atomic E-state index is -4.95. The molecule has 11 heteroatoms. The number of aromatic nitrogens is 4. The van der Waals surface area contributed by atoms with Gasteiger partial charge < -0.3 is 5.32 Å². The number of H-pyrrole nitrogens is 1. The van der Waals surface area contributed by atoms with E-state index in [4.69, 9.17) is 4.98 Å². The highest BCUT2D eigenvalue weighted by Gasteiger charge is 2.37. The average Bonchev–Trinajstić information content (AvgIpc) is 3.31. The van der Waals surface area contributed by atoms with Gasteiger partial charge in [0.05, 0.1) is 28.2 Å². The number of nitrogens with zero attached hydrogens (tertiary/aromatic N) is 3. The van der Waals surface area contributed by atoms with E-state index >= 15 is 0 Å². The molecule has 36 heavy (non-hydrogen) atoms. The Morgan fingerprint density at radius 1 is 0.778 bits per heavy atom. The molecule has 0 aliphatic heterocycles. The van der Waals surface area contributed by atoms with Crippen LogP contribution in [0.3, 0.4) is 0 Å². The Morgan fingerprint density at radius 3 is 2.06 bits per heavy atom. The fourth-order valence-corrected chi connectivity index (χ4v) is 4.09. The molecule has 0 fully saturated rings. The Bertz CT molecular complexity index is 1550. The molecule has 3 aromatic carbocycles. The number of halogens is 6. The van der Waals surface area contributed by atoms with Gasteiger partial charge in [0.2, 0.25) is 0 Å². The second kappa shape index (κ2) is 8.51. The third-order valence-electron chi connectivity index (χ3n) is 5.77. The van der Waals surface area contributed by atoms with Crippen LogP contribution in [0.2, 0.25) is 0 Å². The lowest BCUT2D eigenvalue weighted by atomic mass is 9.99. The molecule has 0 amide bonds. The average molecular weight is 501 g/mol. The number of aryl methyl sites for hydroxylation is 1. The summed E-state index contributed by atoms with van der Waals surface area (Å²) in [7, 11) is 0. The molecule has 2 heterocycles. The largest absolute Gasteiger partial charge is 0.416 e. The molecule has 0 unspecified atom stereocenters. The van der Waals surface area contributed by atoms with Crippen LogP contribution in [0.25, 0.3) is 33.1 Å². The second-order valence-electron chi connectivity index (χ2n) is 8.13. The molecule has 5 aromatic rings. The molecule has 184 valence electrons. The van der Waals surface area contributed by atoms with Crippen molar-refractivity contribution < 1.29 is 26.3 Å². The van der Waals surface area contributed by atoms with Crippen molar-refractivity contribution in [1.29, 1.82) is 0 Å². The summed E-state index contributed by atoms with van der Waals surface area (Å²) in [5, 5.41) is 14.8. The first kappa shape index (κ1) is 23.6. The van der Waals surface area contributed by atoms with Gasteiger partial charge in [0.15, 0.2) is 0 Å². The van der Waals surface area contributed by atoms with Gasteiger partial charge in [-0.3, -0.25) is 0 Å². The Hall–Kier alpha value is -4.15. The lowest BCUT2D eigenvalue weighted by Crippen LogP contribution is -2.12. The zero-order valence-corrected chi connectivity index (χ0v) is 18.6. The molecule has 0 aliphatic carbocycles. The molecular weight excluding hydrogens is 484 g/mol. The summed E-state index contributed by atoms with van der Waals surface area (Å²) in [4.78, 5) is 4.75. The molecule has 0 saturated carbocycles. The van der Waals surface area contributed by atoms with E-state index in [2.05, 4.69) is 20.7 Å². The molecule has 2 N–H and O–H groups in total. The molecule has 0 atom stereocenters. The van der Waals surface area contributed by atoms with Crippen molar-refractivity contribution in [3.05, 3.63) is 77.5 Å². The quantitative estimate of drug-likeness (QED) is 0.250. The number of aromatic amines is 1. The molecule has 0 aliphatic rings. The van der Waals surface area contributed by atoms with Gasteiger partial charge in [0.1, 0.15) is 11.0 Å². The van der Waals surface area contributed by atoms with E-state index in [1.165, 1.54) is 0 Å². The van der Waals surface area contributed by atoms with E-state index in [-0.39, 0.29) is 11.8 Å². The minimum absolute atomic E-state index is 0.103. The summed E-state index contributed by atoms with van der Waals surface area (Å²) in [5.74, 6) is 0. The maximum atomic E-state index is 13.4. The van der Waals surface area contributed by atoms with Gasteiger partial charge in [0, 0.05) is 22.0 Å². The van der Waals surface area contributed by atoms with Crippen molar-refractivity contribution in [3.8, 4) is 11.3 Å². The standard InChI is InChI=1S/C25H17F6N5/c1-2-19-23(32-16-11-14(24(26,27)28)10-15(12-16)25(29,30)31)18-6-4-3-5-17(18)22(33-19)13-7-8-20-21(9-13)35-36-34-20/h3-12,32H,2H2,1H3,(H,34,35,36). The highest BCUT2D eigenvalue weighted by Crippen LogP contribution is 2.40. The lowest BCUT2D eigenvalue weighted by molar-refractivity contribution is -0.143. The number of fused-ring (bicyclic) bond motifs is 2. The topological polar surface area (TPSA) is 66.5 Å². The number of hydrogen-bond donors (Lipinski definition) is 2. The fourth-order valence-electron chi connectivity index (χ4n) is 4.09. The molecule has 0 radical (unpaired) electrons. The van der Waals surface area contributed by atoms with E-state index in [9.17, 15) is 26.3 Å². The first-order chi connectivity index (χ1) is 17.0. The third-order valence-corrected chi connectivity index (χ3v) is 5.77. The molecule has 0 saturated heterocycles. The van der Waals surface area contributed by atoms with Crippen LogP contribution in [0, 0.1) is 0 Å². The van der Waals surface area contributed by atoms with Gasteiger partial charge in [-0.05, 0) is 36.8 Å². The number of rotatable bonds is 4. The zero-order valence-electron chi connectivity index (χ0n) is 18.6. The van der Waals surface area contributed by atoms with Gasteiger partial charge in [-0.15, -0.1) is 0 Å². The molecule has 0 bridgehead atoms. The van der Waals surface area contributed by atoms with Gasteiger partial charge in [-0.1, -0.05) is 37.3 Å². The monoisotopic (exact) mass is 501 g/mol. The first-order valence-electron chi connectivity index (χ1n) is 10.8. The van der Waals surface area contributed by atoms with Gasteiger partial charge in [-0.25, -0.2) is 4.98 Å². The van der Waals surface area contributed by atoms with Crippen molar-refractivity contribution in [2.24, 2.45) is 0 Å². The summed E-state index contributed by atoms with van der Waals surface area (Å²) >= 11 is 0. The molecule has 0 spiro atoms. The smallest absolute Gasteiger partial charge is 0.354 e. The maximum absolute atomic E-state index is 13.4. The number of alkyl halides is 6. The number of nitrogens with one attached hydrogen (secondary N) is 2. The van der Waals surface area contributed by atoms with Crippen LogP contribution in [0.1, 0.15) is 23.7 Å². The Labute approximate surface area is 200 Å². The van der Waals surface area contributed by atoms with Crippen LogP contribution in [-0.4, -0.2) is 20.4 Å². The summed E-state index contributed by atoms with van der Waals surface area (Å²) < 4.78 is 80.3. The van der Waals surface area contributed by atoms with Gasteiger partial charge in [0.25, 0.3) is 0 Å². The van der Waals surface area contributed by atoms with E-state index in [1.54, 1.807) is 37.3 Å². The van der Waals surface area contributed by atoms with Crippen LogP contribution in [0.5, 0.6) is 0 Å². The van der Waals surface area contributed by atoms with Crippen molar-refractivity contribution in [3.63, 3.8) is 0 Å². The van der Waals surface area contributed by atoms with Gasteiger partial charge >= 0.3 is 12.4 Å². The van der Waals surface area contributed by atoms with Gasteiger partial charge in [-0.2, -0.15) is 41.8 Å². The highest BCUT2D eigenvalue weighted by atomic mass is 19.4. The van der Waals surface area contributed by atoms with Crippen molar-refractivity contribution in [2.45, 2.75) is 25.7 Å². The Morgan fingerprint density at radius 2 is 1.42 bits per heavy atom. The molecular formula is C25H17F6N5. The number of hydrogen-bond acceptors (Lipinski definition) is 4. The number of anilines is 2. The third kappa shape index (κ3) is 4.32. The predicted octanol–water partition coefficient (Wildman–Crippen LogP) is 7.52. The lowest BCUT2D eigenvalue weighted by Gasteiger charge is -2.19. The maximum Gasteiger partial charge on any atom is 0.416 e. The van der Waals surface area contributed by atoms with E-state index in [0.29, 0.717) is 57.4 Å². The van der Waals surface area contributed by atoms with Crippen molar-refractivity contribution >= 4 is 33.2 Å². The number of pyridine rings is 1. The Balaban J connectivity index is 1.69. The minimum Gasteiger partial charge on any atom is -0.354 e. The predicted molar refractivity (Wildman–Crippen MR) is 124 cm³/mol. The van der Waals surface area contributed by atoms with Crippen LogP contribution >= 0.6 is 0 Å². The van der Waals surface area contributed by atoms with E-state index in [0.717, 1.165) is 5.56 Å². The Kier molecular flexibility index (Phi) is 5.57. The summed E-state index contributed by atoms with van der Waals surface area (Å²) in [6.45, 7) is 1.81. The normalized spacial score (nSPS) is 12.4. The van der Waals surface area contributed by atoms with E-state index < -0.39 is 23.5 Å². The van der Waals surface area contributed by atoms with Crippen molar-refractivity contribution in [1.82, 2.24) is 20.4 Å². The molecule has 5 nitrogen and oxygen atoms in total. The van der Waals surface area contributed by atoms with Crippen LogP contribution in [0.15, 0.2) is 60.7 Å². The highest BCUT2D eigenvalue weighted by molar-refractivity contribution is 6.04.